The summed E-state index contributed by atoms with van der Waals surface area (Å²) in [6, 6.07) is 7.60. The van der Waals surface area contributed by atoms with Gasteiger partial charge in [0.15, 0.2) is 0 Å². The predicted molar refractivity (Wildman–Crippen MR) is 113 cm³/mol. The monoisotopic (exact) mass is 392 g/mol. The number of nitrogens with zero attached hydrogens (tertiary/aromatic N) is 4. The molecule has 0 aromatic carbocycles. The maximum absolute atomic E-state index is 12.0. The van der Waals surface area contributed by atoms with Gasteiger partial charge in [-0.25, -0.2) is 4.68 Å². The average molecular weight is 393 g/mol. The standard InChI is InChI=1S/C23H28N4O2/c1-3-9-26-16-20(4-5-23(26)28)27-10-6-22(25-27)21-15-24-19(13-17(21)2)14-18-7-11-29-12-8-18/h4-6,10,13,15-16,18H,3,7-9,11-12,14H2,1-2H3. The molecule has 1 aliphatic rings. The second-order valence-corrected chi connectivity index (χ2v) is 7.81. The van der Waals surface area contributed by atoms with Crippen molar-refractivity contribution in [1.82, 2.24) is 19.3 Å². The molecule has 0 amide bonds. The first-order valence-electron chi connectivity index (χ1n) is 10.4. The summed E-state index contributed by atoms with van der Waals surface area (Å²) in [7, 11) is 0. The molecule has 1 saturated heterocycles. The molecule has 152 valence electrons. The summed E-state index contributed by atoms with van der Waals surface area (Å²) < 4.78 is 9.00. The molecule has 3 aromatic heterocycles. The second kappa shape index (κ2) is 8.74. The van der Waals surface area contributed by atoms with Crippen LogP contribution in [-0.2, 0) is 17.7 Å². The average Bonchev–Trinajstić information content (AvgIpc) is 3.20. The van der Waals surface area contributed by atoms with E-state index in [1.54, 1.807) is 10.6 Å². The van der Waals surface area contributed by atoms with Crippen LogP contribution in [0.3, 0.4) is 0 Å². The highest BCUT2D eigenvalue weighted by atomic mass is 16.5. The third-order valence-corrected chi connectivity index (χ3v) is 5.57. The Hall–Kier alpha value is -2.73. The van der Waals surface area contributed by atoms with Gasteiger partial charge < -0.3 is 9.30 Å². The molecule has 6 nitrogen and oxygen atoms in total. The van der Waals surface area contributed by atoms with Crippen LogP contribution in [0.1, 0.15) is 37.4 Å². The zero-order valence-corrected chi connectivity index (χ0v) is 17.2. The molecular formula is C23H28N4O2. The van der Waals surface area contributed by atoms with Gasteiger partial charge in [-0.05, 0) is 62.3 Å². The van der Waals surface area contributed by atoms with Gasteiger partial charge in [0.1, 0.15) is 0 Å². The molecular weight excluding hydrogens is 364 g/mol. The van der Waals surface area contributed by atoms with E-state index in [0.29, 0.717) is 12.5 Å². The Bertz CT molecular complexity index is 1030. The maximum atomic E-state index is 12.0. The van der Waals surface area contributed by atoms with Crippen LogP contribution in [-0.4, -0.2) is 32.5 Å². The zero-order chi connectivity index (χ0) is 20.2. The fourth-order valence-corrected chi connectivity index (χ4v) is 3.92. The van der Waals surface area contributed by atoms with E-state index in [-0.39, 0.29) is 5.56 Å². The molecule has 1 aliphatic heterocycles. The quantitative estimate of drug-likeness (QED) is 0.640. The smallest absolute Gasteiger partial charge is 0.250 e. The van der Waals surface area contributed by atoms with Crippen LogP contribution in [0, 0.1) is 12.8 Å². The van der Waals surface area contributed by atoms with Crippen molar-refractivity contribution in [3.63, 3.8) is 0 Å². The number of ether oxygens (including phenoxy) is 1. The maximum Gasteiger partial charge on any atom is 0.250 e. The number of aromatic nitrogens is 4. The highest BCUT2D eigenvalue weighted by molar-refractivity contribution is 5.62. The van der Waals surface area contributed by atoms with E-state index in [0.717, 1.165) is 61.5 Å². The van der Waals surface area contributed by atoms with Gasteiger partial charge in [0, 0.05) is 55.7 Å². The Morgan fingerprint density at radius 3 is 2.79 bits per heavy atom. The van der Waals surface area contributed by atoms with Crippen LogP contribution >= 0.6 is 0 Å². The minimum absolute atomic E-state index is 0.0168. The van der Waals surface area contributed by atoms with Crippen molar-refractivity contribution in [3.05, 3.63) is 64.5 Å². The Morgan fingerprint density at radius 1 is 1.21 bits per heavy atom. The van der Waals surface area contributed by atoms with Crippen LogP contribution in [0.4, 0.5) is 0 Å². The molecule has 3 aromatic rings. The second-order valence-electron chi connectivity index (χ2n) is 7.81. The van der Waals surface area contributed by atoms with Crippen molar-refractivity contribution in [1.29, 1.82) is 0 Å². The molecule has 4 heterocycles. The number of hydrogen-bond donors (Lipinski definition) is 0. The summed E-state index contributed by atoms with van der Waals surface area (Å²) >= 11 is 0. The SMILES string of the molecule is CCCn1cc(-n2ccc(-c3cnc(CC4CCOCC4)cc3C)n2)ccc1=O. The summed E-state index contributed by atoms with van der Waals surface area (Å²) in [6.45, 7) is 6.62. The Kier molecular flexibility index (Phi) is 5.90. The molecule has 6 heteroatoms. The van der Waals surface area contributed by atoms with Crippen LogP contribution in [0.25, 0.3) is 16.9 Å². The molecule has 1 fully saturated rings. The van der Waals surface area contributed by atoms with Gasteiger partial charge in [-0.1, -0.05) is 6.92 Å². The topological polar surface area (TPSA) is 61.9 Å². The first kappa shape index (κ1) is 19.6. The van der Waals surface area contributed by atoms with E-state index in [4.69, 9.17) is 14.8 Å². The van der Waals surface area contributed by atoms with Gasteiger partial charge >= 0.3 is 0 Å². The Morgan fingerprint density at radius 2 is 2.03 bits per heavy atom. The van der Waals surface area contributed by atoms with E-state index in [2.05, 4.69) is 19.9 Å². The summed E-state index contributed by atoms with van der Waals surface area (Å²) in [5.74, 6) is 0.666. The molecule has 0 spiro atoms. The first-order chi connectivity index (χ1) is 14.1. The third-order valence-electron chi connectivity index (χ3n) is 5.57. The van der Waals surface area contributed by atoms with E-state index in [1.807, 2.05) is 35.4 Å². The van der Waals surface area contributed by atoms with Gasteiger partial charge in [-0.3, -0.25) is 9.78 Å². The van der Waals surface area contributed by atoms with Crippen molar-refractivity contribution in [2.75, 3.05) is 13.2 Å². The number of aryl methyl sites for hydroxylation is 2. The summed E-state index contributed by atoms with van der Waals surface area (Å²) in [5, 5.41) is 4.73. The lowest BCUT2D eigenvalue weighted by atomic mass is 9.94. The summed E-state index contributed by atoms with van der Waals surface area (Å²) in [4.78, 5) is 16.7. The van der Waals surface area contributed by atoms with E-state index < -0.39 is 0 Å². The van der Waals surface area contributed by atoms with Crippen LogP contribution in [0.2, 0.25) is 0 Å². The molecule has 29 heavy (non-hydrogen) atoms. The lowest BCUT2D eigenvalue weighted by molar-refractivity contribution is 0.0663. The molecule has 0 unspecified atom stereocenters. The molecule has 0 atom stereocenters. The van der Waals surface area contributed by atoms with Gasteiger partial charge in [0.2, 0.25) is 0 Å². The van der Waals surface area contributed by atoms with Gasteiger partial charge in [0.05, 0.1) is 11.4 Å². The Labute approximate surface area is 171 Å². The highest BCUT2D eigenvalue weighted by Gasteiger charge is 2.16. The van der Waals surface area contributed by atoms with Crippen molar-refractivity contribution >= 4 is 0 Å². The normalized spacial score (nSPS) is 15.0. The minimum Gasteiger partial charge on any atom is -0.381 e. The van der Waals surface area contributed by atoms with E-state index >= 15 is 0 Å². The van der Waals surface area contributed by atoms with Crippen LogP contribution in [0.15, 0.2) is 47.7 Å². The molecule has 4 rings (SSSR count). The highest BCUT2D eigenvalue weighted by Crippen LogP contribution is 2.25. The number of pyridine rings is 2. The minimum atomic E-state index is 0.0168. The lowest BCUT2D eigenvalue weighted by Crippen LogP contribution is -2.19. The fourth-order valence-electron chi connectivity index (χ4n) is 3.92. The van der Waals surface area contributed by atoms with E-state index in [9.17, 15) is 4.79 Å². The lowest BCUT2D eigenvalue weighted by Gasteiger charge is -2.21. The number of rotatable bonds is 6. The van der Waals surface area contributed by atoms with Gasteiger partial charge in [-0.2, -0.15) is 5.10 Å². The molecule has 0 bridgehead atoms. The zero-order valence-electron chi connectivity index (χ0n) is 17.2. The summed E-state index contributed by atoms with van der Waals surface area (Å²) in [6.07, 6.45) is 9.90. The summed E-state index contributed by atoms with van der Waals surface area (Å²) in [5.41, 5.74) is 5.16. The molecule has 0 N–H and O–H groups in total. The van der Waals surface area contributed by atoms with Crippen molar-refractivity contribution < 1.29 is 4.74 Å². The Balaban J connectivity index is 1.54. The third kappa shape index (κ3) is 4.48. The van der Waals surface area contributed by atoms with E-state index in [1.165, 1.54) is 5.56 Å². The molecule has 0 aliphatic carbocycles. The predicted octanol–water partition coefficient (Wildman–Crippen LogP) is 3.78. The van der Waals surface area contributed by atoms with Crippen LogP contribution in [0.5, 0.6) is 0 Å². The number of hydrogen-bond acceptors (Lipinski definition) is 4. The van der Waals surface area contributed by atoms with Crippen LogP contribution < -0.4 is 5.56 Å². The van der Waals surface area contributed by atoms with Gasteiger partial charge in [-0.15, -0.1) is 0 Å². The molecule has 0 saturated carbocycles. The molecule has 0 radical (unpaired) electrons. The van der Waals surface area contributed by atoms with Gasteiger partial charge in [0.25, 0.3) is 5.56 Å². The first-order valence-corrected chi connectivity index (χ1v) is 10.4. The largest absolute Gasteiger partial charge is 0.381 e. The fraction of sp³-hybridized carbons (Fsp3) is 0.435. The van der Waals surface area contributed by atoms with Crippen molar-refractivity contribution in [2.24, 2.45) is 5.92 Å². The van der Waals surface area contributed by atoms with Crippen molar-refractivity contribution in [3.8, 4) is 16.9 Å². The van der Waals surface area contributed by atoms with Crippen molar-refractivity contribution in [2.45, 2.75) is 46.1 Å².